The smallest absolute Gasteiger partial charge is 0.223 e. The zero-order valence-corrected chi connectivity index (χ0v) is 20.7. The highest BCUT2D eigenvalue weighted by atomic mass is 15.3. The Morgan fingerprint density at radius 3 is 1.41 bits per heavy atom. The molecule has 8 rings (SSSR count). The van der Waals surface area contributed by atoms with E-state index < -0.39 is 0 Å². The number of nitrogens with zero attached hydrogens (tertiary/aromatic N) is 6. The summed E-state index contributed by atoms with van der Waals surface area (Å²) in [6.45, 7) is 0. The van der Waals surface area contributed by atoms with Crippen molar-refractivity contribution in [3.8, 4) is 22.9 Å². The molecule has 0 spiro atoms. The number of nitriles is 1. The van der Waals surface area contributed by atoms with Gasteiger partial charge in [-0.15, -0.1) is 0 Å². The normalized spacial score (nSPS) is 11.6. The van der Waals surface area contributed by atoms with Crippen molar-refractivity contribution in [2.45, 2.75) is 0 Å². The Morgan fingerprint density at radius 1 is 0.487 bits per heavy atom. The van der Waals surface area contributed by atoms with Crippen LogP contribution in [0.2, 0.25) is 0 Å². The molecule has 6 nitrogen and oxygen atoms in total. The molecule has 8 aromatic rings. The number of rotatable bonds is 2. The van der Waals surface area contributed by atoms with Gasteiger partial charge in [-0.2, -0.15) is 5.26 Å². The minimum atomic E-state index is 0.650. The fourth-order valence-corrected chi connectivity index (χ4v) is 5.50. The molecule has 182 valence electrons. The summed E-state index contributed by atoms with van der Waals surface area (Å²) in [6.07, 6.45) is 0. The van der Waals surface area contributed by atoms with Gasteiger partial charge in [0.25, 0.3) is 0 Å². The van der Waals surface area contributed by atoms with Crippen molar-refractivity contribution in [1.82, 2.24) is 23.3 Å². The van der Waals surface area contributed by atoms with E-state index >= 15 is 0 Å². The van der Waals surface area contributed by atoms with Crippen molar-refractivity contribution in [2.75, 3.05) is 0 Å². The molecule has 0 saturated carbocycles. The predicted molar refractivity (Wildman–Crippen MR) is 155 cm³/mol. The lowest BCUT2D eigenvalue weighted by molar-refractivity contribution is 1.03. The summed E-state index contributed by atoms with van der Waals surface area (Å²) < 4.78 is 6.59. The molecule has 0 amide bonds. The van der Waals surface area contributed by atoms with Crippen molar-refractivity contribution in [1.29, 1.82) is 5.26 Å². The van der Waals surface area contributed by atoms with Crippen LogP contribution >= 0.6 is 0 Å². The SMILES string of the molecule is N#Cc1ccc(-c2ccc(-n3c4nc5ccccc5n4c4ccccc4n4c5ccccc5nc34)cc2)cc1. The fourth-order valence-electron chi connectivity index (χ4n) is 5.50. The first-order chi connectivity index (χ1) is 19.3. The van der Waals surface area contributed by atoms with Crippen LogP contribution in [-0.4, -0.2) is 23.3 Å². The minimum absolute atomic E-state index is 0.650. The summed E-state index contributed by atoms with van der Waals surface area (Å²) >= 11 is 0. The summed E-state index contributed by atoms with van der Waals surface area (Å²) in [4.78, 5) is 10.3. The molecule has 0 radical (unpaired) electrons. The number of hydrogen-bond donors (Lipinski definition) is 0. The average Bonchev–Trinajstić information content (AvgIpc) is 3.53. The zero-order valence-electron chi connectivity index (χ0n) is 20.7. The molecule has 0 aliphatic rings. The summed E-state index contributed by atoms with van der Waals surface area (Å²) in [5.74, 6) is 1.56. The topological polar surface area (TPSA) is 63.3 Å². The molecule has 0 saturated heterocycles. The van der Waals surface area contributed by atoms with Crippen molar-refractivity contribution >= 4 is 44.7 Å². The molecule has 0 atom stereocenters. The van der Waals surface area contributed by atoms with E-state index in [1.54, 1.807) is 0 Å². The largest absolute Gasteiger partial charge is 0.276 e. The van der Waals surface area contributed by atoms with E-state index in [1.165, 1.54) is 0 Å². The molecule has 0 bridgehead atoms. The van der Waals surface area contributed by atoms with E-state index in [0.717, 1.165) is 61.5 Å². The first kappa shape index (κ1) is 21.4. The standard InChI is InChI=1S/C33H20N6/c34-21-22-13-15-23(16-14-22)24-17-19-25(20-18-24)37-32-35-26-7-1-3-9-28(26)38(32)30-11-5-6-12-31(30)39-29-10-4-2-8-27(29)36-33(37)39/h1-20H. The van der Waals surface area contributed by atoms with Crippen LogP contribution in [-0.2, 0) is 0 Å². The molecule has 3 aromatic heterocycles. The highest BCUT2D eigenvalue weighted by Crippen LogP contribution is 2.30. The van der Waals surface area contributed by atoms with Crippen LogP contribution in [0.3, 0.4) is 0 Å². The third kappa shape index (κ3) is 3.14. The van der Waals surface area contributed by atoms with Crippen molar-refractivity contribution in [2.24, 2.45) is 0 Å². The maximum atomic E-state index is 9.16. The fraction of sp³-hybridized carbons (Fsp3) is 0. The van der Waals surface area contributed by atoms with Gasteiger partial charge >= 0.3 is 0 Å². The van der Waals surface area contributed by atoms with Gasteiger partial charge in [-0.3, -0.25) is 8.80 Å². The van der Waals surface area contributed by atoms with Gasteiger partial charge in [-0.1, -0.05) is 60.7 Å². The van der Waals surface area contributed by atoms with E-state index in [9.17, 15) is 0 Å². The van der Waals surface area contributed by atoms with E-state index in [-0.39, 0.29) is 0 Å². The number of benzene rings is 5. The maximum absolute atomic E-state index is 9.16. The van der Waals surface area contributed by atoms with Gasteiger partial charge in [-0.05, 0) is 71.8 Å². The number of imidazole rings is 2. The summed E-state index contributed by atoms with van der Waals surface area (Å²) in [7, 11) is 0. The molecule has 0 aliphatic heterocycles. The van der Waals surface area contributed by atoms with Gasteiger partial charge in [-0.25, -0.2) is 14.5 Å². The summed E-state index contributed by atoms with van der Waals surface area (Å²) in [5.41, 5.74) is 9.74. The Hall–Kier alpha value is -5.67. The highest BCUT2D eigenvalue weighted by molar-refractivity contribution is 5.92. The predicted octanol–water partition coefficient (Wildman–Crippen LogP) is 7.33. The number of hydrogen-bond acceptors (Lipinski definition) is 3. The maximum Gasteiger partial charge on any atom is 0.223 e. The first-order valence-electron chi connectivity index (χ1n) is 12.8. The molecular formula is C33H20N6. The number of fused-ring (bicyclic) bond motifs is 9. The Morgan fingerprint density at radius 2 is 0.923 bits per heavy atom. The van der Waals surface area contributed by atoms with Crippen LogP contribution in [0.4, 0.5) is 0 Å². The lowest BCUT2D eigenvalue weighted by Gasteiger charge is -2.09. The van der Waals surface area contributed by atoms with E-state index in [1.807, 2.05) is 36.4 Å². The van der Waals surface area contributed by atoms with Crippen molar-refractivity contribution in [3.05, 3.63) is 127 Å². The Bertz CT molecular complexity index is 2160. The Balaban J connectivity index is 1.52. The zero-order chi connectivity index (χ0) is 25.9. The second-order valence-electron chi connectivity index (χ2n) is 9.53. The molecule has 0 fully saturated rings. The second kappa shape index (κ2) is 8.17. The lowest BCUT2D eigenvalue weighted by atomic mass is 10.0. The molecule has 3 heterocycles. The van der Waals surface area contributed by atoms with Gasteiger partial charge in [0.1, 0.15) is 0 Å². The number of para-hydroxylation sites is 6. The van der Waals surface area contributed by atoms with Crippen LogP contribution in [0.15, 0.2) is 121 Å². The molecule has 39 heavy (non-hydrogen) atoms. The van der Waals surface area contributed by atoms with Crippen LogP contribution in [0.25, 0.3) is 61.5 Å². The van der Waals surface area contributed by atoms with Gasteiger partial charge in [0, 0.05) is 0 Å². The minimum Gasteiger partial charge on any atom is -0.276 e. The van der Waals surface area contributed by atoms with E-state index in [4.69, 9.17) is 15.2 Å². The summed E-state index contributed by atoms with van der Waals surface area (Å²) in [5, 5.41) is 9.16. The molecule has 0 N–H and O–H groups in total. The van der Waals surface area contributed by atoms with Crippen LogP contribution in [0.1, 0.15) is 5.56 Å². The third-order valence-electron chi connectivity index (χ3n) is 7.32. The van der Waals surface area contributed by atoms with Crippen molar-refractivity contribution < 1.29 is 0 Å². The van der Waals surface area contributed by atoms with E-state index in [0.29, 0.717) is 5.56 Å². The molecular weight excluding hydrogens is 480 g/mol. The highest BCUT2D eigenvalue weighted by Gasteiger charge is 2.18. The van der Waals surface area contributed by atoms with Crippen LogP contribution in [0.5, 0.6) is 0 Å². The van der Waals surface area contributed by atoms with Gasteiger partial charge in [0.2, 0.25) is 11.6 Å². The monoisotopic (exact) mass is 500 g/mol. The third-order valence-corrected chi connectivity index (χ3v) is 7.32. The average molecular weight is 501 g/mol. The molecule has 0 aliphatic carbocycles. The number of aromatic nitrogens is 5. The molecule has 0 unspecified atom stereocenters. The Kier molecular flexibility index (Phi) is 4.49. The lowest BCUT2D eigenvalue weighted by Crippen LogP contribution is -2.02. The molecule has 5 aromatic carbocycles. The molecule has 6 heteroatoms. The van der Waals surface area contributed by atoms with Gasteiger partial charge in [0.15, 0.2) is 0 Å². The Labute approximate surface area is 222 Å². The van der Waals surface area contributed by atoms with Gasteiger partial charge < -0.3 is 0 Å². The van der Waals surface area contributed by atoms with Crippen LogP contribution < -0.4 is 0 Å². The second-order valence-corrected chi connectivity index (χ2v) is 9.53. The van der Waals surface area contributed by atoms with Gasteiger partial charge in [0.05, 0.1) is 50.4 Å². The summed E-state index contributed by atoms with van der Waals surface area (Å²) in [6, 6.07) is 43.2. The van der Waals surface area contributed by atoms with E-state index in [2.05, 4.69) is 104 Å². The van der Waals surface area contributed by atoms with Crippen molar-refractivity contribution in [3.63, 3.8) is 0 Å². The van der Waals surface area contributed by atoms with Crippen LogP contribution in [0, 0.1) is 11.3 Å². The quantitative estimate of drug-likeness (QED) is 0.250. The first-order valence-corrected chi connectivity index (χ1v) is 12.8.